The molecule has 0 fully saturated rings. The molecule has 0 bridgehead atoms. The van der Waals surface area contributed by atoms with Gasteiger partial charge in [-0.2, -0.15) is 0 Å². The molecule has 2 aromatic carbocycles. The summed E-state index contributed by atoms with van der Waals surface area (Å²) in [6.07, 6.45) is 2.00. The molecule has 0 aromatic heterocycles. The van der Waals surface area contributed by atoms with Crippen molar-refractivity contribution in [3.05, 3.63) is 65.5 Å². The van der Waals surface area contributed by atoms with Crippen LogP contribution in [-0.2, 0) is 26.2 Å². The molecule has 0 saturated carbocycles. The minimum atomic E-state index is -3.97. The average molecular weight is 478 g/mol. The van der Waals surface area contributed by atoms with E-state index in [2.05, 4.69) is 5.32 Å². The van der Waals surface area contributed by atoms with Crippen LogP contribution >= 0.6 is 0 Å². The first-order valence-corrected chi connectivity index (χ1v) is 12.8. The monoisotopic (exact) mass is 477 g/mol. The number of aryl methyl sites for hydroxylation is 1. The molecule has 0 aliphatic heterocycles. The summed E-state index contributed by atoms with van der Waals surface area (Å²) in [5.41, 5.74) is 1.63. The lowest BCUT2D eigenvalue weighted by Crippen LogP contribution is -2.52. The van der Waals surface area contributed by atoms with Crippen LogP contribution in [0.4, 0.5) is 10.1 Å². The molecule has 0 heterocycles. The molecule has 0 saturated heterocycles. The zero-order valence-electron chi connectivity index (χ0n) is 19.5. The van der Waals surface area contributed by atoms with Crippen molar-refractivity contribution in [1.29, 1.82) is 0 Å². The summed E-state index contributed by atoms with van der Waals surface area (Å²) in [4.78, 5) is 27.7. The highest BCUT2D eigenvalue weighted by Crippen LogP contribution is 2.22. The van der Waals surface area contributed by atoms with Gasteiger partial charge in [0.05, 0.1) is 11.9 Å². The second kappa shape index (κ2) is 11.8. The molecule has 9 heteroatoms. The number of nitrogens with zero attached hydrogens (tertiary/aromatic N) is 2. The fourth-order valence-corrected chi connectivity index (χ4v) is 4.27. The standard InChI is InChI=1S/C24H32FN3O4S/c1-5-15-26-24(30)21(6-2)27(16-19-13-11-18(3)12-14-19)23(29)17-28(33(4,31)32)22-10-8-7-9-20(22)25/h7-14,21H,5-6,15-17H2,1-4H3,(H,26,30)/t21-/m1/s1. The second-order valence-corrected chi connectivity index (χ2v) is 9.85. The van der Waals surface area contributed by atoms with E-state index in [1.54, 1.807) is 6.92 Å². The molecule has 1 N–H and O–H groups in total. The van der Waals surface area contributed by atoms with E-state index in [9.17, 15) is 22.4 Å². The molecule has 1 atom stereocenters. The highest BCUT2D eigenvalue weighted by atomic mass is 32.2. The van der Waals surface area contributed by atoms with Gasteiger partial charge < -0.3 is 10.2 Å². The molecule has 0 aliphatic carbocycles. The zero-order chi connectivity index (χ0) is 24.6. The molecule has 0 spiro atoms. The first-order chi connectivity index (χ1) is 15.6. The molecule has 0 radical (unpaired) electrons. The number of anilines is 1. The number of para-hydroxylation sites is 1. The molecular formula is C24H32FN3O4S. The number of benzene rings is 2. The fourth-order valence-electron chi connectivity index (χ4n) is 3.42. The Morgan fingerprint density at radius 2 is 1.70 bits per heavy atom. The van der Waals surface area contributed by atoms with Crippen molar-refractivity contribution >= 4 is 27.5 Å². The van der Waals surface area contributed by atoms with E-state index in [0.717, 1.165) is 34.2 Å². The average Bonchev–Trinajstić information content (AvgIpc) is 2.77. The van der Waals surface area contributed by atoms with Crippen LogP contribution in [-0.4, -0.2) is 50.5 Å². The van der Waals surface area contributed by atoms with Gasteiger partial charge in [-0.15, -0.1) is 0 Å². The summed E-state index contributed by atoms with van der Waals surface area (Å²) < 4.78 is 40.1. The van der Waals surface area contributed by atoms with Crippen LogP contribution < -0.4 is 9.62 Å². The van der Waals surface area contributed by atoms with Crippen molar-refractivity contribution in [3.8, 4) is 0 Å². The summed E-state index contributed by atoms with van der Waals surface area (Å²) >= 11 is 0. The van der Waals surface area contributed by atoms with E-state index < -0.39 is 34.3 Å². The van der Waals surface area contributed by atoms with Gasteiger partial charge >= 0.3 is 0 Å². The van der Waals surface area contributed by atoms with Gasteiger partial charge in [0, 0.05) is 13.1 Å². The minimum Gasteiger partial charge on any atom is -0.354 e. The summed E-state index contributed by atoms with van der Waals surface area (Å²) in [6.45, 7) is 5.62. The number of carbonyl (C=O) groups is 2. The van der Waals surface area contributed by atoms with Gasteiger partial charge in [0.2, 0.25) is 21.8 Å². The SMILES string of the molecule is CCCNC(=O)[C@@H](CC)N(Cc1ccc(C)cc1)C(=O)CN(c1ccccc1F)S(C)(=O)=O. The van der Waals surface area contributed by atoms with Gasteiger partial charge in [0.25, 0.3) is 0 Å². The Morgan fingerprint density at radius 3 is 2.24 bits per heavy atom. The maximum Gasteiger partial charge on any atom is 0.244 e. The Balaban J connectivity index is 2.42. The third kappa shape index (κ3) is 7.28. The predicted octanol–water partition coefficient (Wildman–Crippen LogP) is 3.23. The van der Waals surface area contributed by atoms with Gasteiger partial charge in [-0.05, 0) is 37.5 Å². The predicted molar refractivity (Wildman–Crippen MR) is 128 cm³/mol. The van der Waals surface area contributed by atoms with Gasteiger partial charge in [-0.25, -0.2) is 12.8 Å². The van der Waals surface area contributed by atoms with E-state index in [4.69, 9.17) is 0 Å². The summed E-state index contributed by atoms with van der Waals surface area (Å²) in [5, 5.41) is 2.81. The van der Waals surface area contributed by atoms with Crippen molar-refractivity contribution in [2.45, 2.75) is 46.2 Å². The third-order valence-corrected chi connectivity index (χ3v) is 6.34. The van der Waals surface area contributed by atoms with Crippen molar-refractivity contribution in [2.75, 3.05) is 23.7 Å². The number of carbonyl (C=O) groups excluding carboxylic acids is 2. The molecule has 7 nitrogen and oxygen atoms in total. The molecule has 0 unspecified atom stereocenters. The van der Waals surface area contributed by atoms with Crippen LogP contribution in [0.5, 0.6) is 0 Å². The second-order valence-electron chi connectivity index (χ2n) is 7.94. The van der Waals surface area contributed by atoms with Gasteiger partial charge in [-0.1, -0.05) is 55.8 Å². The maximum atomic E-state index is 14.4. The van der Waals surface area contributed by atoms with Crippen molar-refractivity contribution < 1.29 is 22.4 Å². The lowest BCUT2D eigenvalue weighted by Gasteiger charge is -2.33. The summed E-state index contributed by atoms with van der Waals surface area (Å²) in [6, 6.07) is 12.1. The third-order valence-electron chi connectivity index (χ3n) is 5.21. The largest absolute Gasteiger partial charge is 0.354 e. The number of sulfonamides is 1. The number of hydrogen-bond acceptors (Lipinski definition) is 4. The zero-order valence-corrected chi connectivity index (χ0v) is 20.4. The van der Waals surface area contributed by atoms with E-state index in [1.807, 2.05) is 38.1 Å². The topological polar surface area (TPSA) is 86.8 Å². The Hall–Kier alpha value is -2.94. The number of hydrogen-bond donors (Lipinski definition) is 1. The molecule has 180 valence electrons. The Bertz CT molecular complexity index is 1060. The highest BCUT2D eigenvalue weighted by Gasteiger charge is 2.32. The molecule has 2 rings (SSSR count). The first kappa shape index (κ1) is 26.3. The molecule has 33 heavy (non-hydrogen) atoms. The molecule has 2 aromatic rings. The smallest absolute Gasteiger partial charge is 0.244 e. The lowest BCUT2D eigenvalue weighted by molar-refractivity contribution is -0.140. The van der Waals surface area contributed by atoms with E-state index in [0.29, 0.717) is 13.0 Å². The number of halogens is 1. The van der Waals surface area contributed by atoms with Gasteiger partial charge in [-0.3, -0.25) is 13.9 Å². The Morgan fingerprint density at radius 1 is 1.06 bits per heavy atom. The van der Waals surface area contributed by atoms with Crippen molar-refractivity contribution in [1.82, 2.24) is 10.2 Å². The fraction of sp³-hybridized carbons (Fsp3) is 0.417. The van der Waals surface area contributed by atoms with Crippen molar-refractivity contribution in [3.63, 3.8) is 0 Å². The van der Waals surface area contributed by atoms with Crippen LogP contribution in [0.1, 0.15) is 37.8 Å². The first-order valence-electron chi connectivity index (χ1n) is 10.9. The van der Waals surface area contributed by atoms with Crippen LogP contribution in [0.25, 0.3) is 0 Å². The quantitative estimate of drug-likeness (QED) is 0.538. The minimum absolute atomic E-state index is 0.117. The summed E-state index contributed by atoms with van der Waals surface area (Å²) in [5.74, 6) is -1.66. The van der Waals surface area contributed by atoms with E-state index >= 15 is 0 Å². The summed E-state index contributed by atoms with van der Waals surface area (Å²) in [7, 11) is -3.97. The van der Waals surface area contributed by atoms with Gasteiger partial charge in [0.1, 0.15) is 18.4 Å². The van der Waals surface area contributed by atoms with Crippen molar-refractivity contribution in [2.24, 2.45) is 0 Å². The van der Waals surface area contributed by atoms with E-state index in [1.165, 1.54) is 23.1 Å². The van der Waals surface area contributed by atoms with Crippen LogP contribution in [0.15, 0.2) is 48.5 Å². The van der Waals surface area contributed by atoms with Crippen LogP contribution in [0, 0.1) is 12.7 Å². The molecule has 2 amide bonds. The van der Waals surface area contributed by atoms with Gasteiger partial charge in [0.15, 0.2) is 0 Å². The number of nitrogens with one attached hydrogen (secondary N) is 1. The lowest BCUT2D eigenvalue weighted by atomic mass is 10.1. The number of amides is 2. The normalized spacial score (nSPS) is 12.2. The van der Waals surface area contributed by atoms with Crippen LogP contribution in [0.2, 0.25) is 0 Å². The maximum absolute atomic E-state index is 14.4. The Labute approximate surface area is 195 Å². The van der Waals surface area contributed by atoms with Crippen LogP contribution in [0.3, 0.4) is 0 Å². The van der Waals surface area contributed by atoms with E-state index in [-0.39, 0.29) is 18.1 Å². The highest BCUT2D eigenvalue weighted by molar-refractivity contribution is 7.92. The Kier molecular flexibility index (Phi) is 9.40. The number of rotatable bonds is 11. The molecular weight excluding hydrogens is 445 g/mol. The molecule has 0 aliphatic rings.